The number of carbonyl (C=O) groups is 2. The lowest BCUT2D eigenvalue weighted by atomic mass is 9.95. The fourth-order valence-electron chi connectivity index (χ4n) is 3.49. The molecule has 1 fully saturated rings. The molecule has 1 heterocycles. The number of likely N-dealkylation sites (tertiary alicyclic amines) is 1. The normalized spacial score (nSPS) is 14.9. The molecule has 0 aromatic heterocycles. The average Bonchev–Trinajstić information content (AvgIpc) is 2.79. The summed E-state index contributed by atoms with van der Waals surface area (Å²) in [6, 6.07) is 15.2. The first-order valence-electron chi connectivity index (χ1n) is 10.3. The Morgan fingerprint density at radius 1 is 1.07 bits per heavy atom. The zero-order valence-electron chi connectivity index (χ0n) is 17.8. The third-order valence-electron chi connectivity index (χ3n) is 5.48. The molecule has 30 heavy (non-hydrogen) atoms. The summed E-state index contributed by atoms with van der Waals surface area (Å²) >= 11 is 0. The largest absolute Gasteiger partial charge is 0.497 e. The van der Waals surface area contributed by atoms with Crippen LogP contribution in [0.1, 0.15) is 54.1 Å². The molecule has 1 aliphatic heterocycles. The molecular formula is C24H29N3O3. The number of piperidine rings is 1. The van der Waals surface area contributed by atoms with Gasteiger partial charge in [0.2, 0.25) is 5.91 Å². The third kappa shape index (κ3) is 5.47. The molecule has 0 unspecified atom stereocenters. The second-order valence-corrected chi connectivity index (χ2v) is 7.85. The Kier molecular flexibility index (Phi) is 7.22. The molecule has 1 N–H and O–H groups in total. The van der Waals surface area contributed by atoms with E-state index in [4.69, 9.17) is 4.74 Å². The van der Waals surface area contributed by atoms with Crippen LogP contribution in [-0.2, 0) is 4.79 Å². The Balaban J connectivity index is 1.47. The zero-order valence-corrected chi connectivity index (χ0v) is 17.8. The fourth-order valence-corrected chi connectivity index (χ4v) is 3.49. The predicted octanol–water partition coefficient (Wildman–Crippen LogP) is 3.82. The van der Waals surface area contributed by atoms with Gasteiger partial charge in [0.25, 0.3) is 5.91 Å². The van der Waals surface area contributed by atoms with Crippen molar-refractivity contribution < 1.29 is 14.3 Å². The van der Waals surface area contributed by atoms with Crippen LogP contribution in [0.25, 0.3) is 0 Å². The van der Waals surface area contributed by atoms with Crippen LogP contribution in [0.2, 0.25) is 0 Å². The molecule has 0 atom stereocenters. The van der Waals surface area contributed by atoms with Gasteiger partial charge in [0.15, 0.2) is 0 Å². The van der Waals surface area contributed by atoms with Gasteiger partial charge in [-0.2, -0.15) is 5.10 Å². The van der Waals surface area contributed by atoms with Crippen molar-refractivity contribution >= 4 is 18.0 Å². The number of hydrogen-bond donors (Lipinski definition) is 1. The summed E-state index contributed by atoms with van der Waals surface area (Å²) in [7, 11) is 1.60. The summed E-state index contributed by atoms with van der Waals surface area (Å²) in [5, 5.41) is 4.09. The van der Waals surface area contributed by atoms with Crippen LogP contribution in [0, 0.1) is 5.92 Å². The lowest BCUT2D eigenvalue weighted by molar-refractivity contribution is -0.126. The van der Waals surface area contributed by atoms with Crippen molar-refractivity contribution in [2.24, 2.45) is 11.0 Å². The van der Waals surface area contributed by atoms with E-state index in [1.807, 2.05) is 12.1 Å². The topological polar surface area (TPSA) is 71.0 Å². The Bertz CT molecular complexity index is 881. The summed E-state index contributed by atoms with van der Waals surface area (Å²) in [4.78, 5) is 26.8. The summed E-state index contributed by atoms with van der Waals surface area (Å²) in [5.41, 5.74) is 5.49. The molecule has 0 saturated carbocycles. The summed E-state index contributed by atoms with van der Waals surface area (Å²) < 4.78 is 5.13. The molecule has 2 aromatic carbocycles. The minimum atomic E-state index is -0.134. The first-order valence-corrected chi connectivity index (χ1v) is 10.3. The highest BCUT2D eigenvalue weighted by Gasteiger charge is 2.27. The van der Waals surface area contributed by atoms with Crippen molar-refractivity contribution in [1.82, 2.24) is 10.3 Å². The zero-order chi connectivity index (χ0) is 21.5. The highest BCUT2D eigenvalue weighted by atomic mass is 16.5. The number of benzene rings is 2. The molecule has 0 aliphatic carbocycles. The van der Waals surface area contributed by atoms with E-state index in [1.165, 1.54) is 5.56 Å². The average molecular weight is 408 g/mol. The summed E-state index contributed by atoms with van der Waals surface area (Å²) in [5.74, 6) is 0.961. The molecule has 1 aliphatic rings. The number of ether oxygens (including phenoxy) is 1. The first-order chi connectivity index (χ1) is 14.5. The standard InChI is InChI=1S/C24H29N3O3/c1-17(2)19-6-4-18(5-7-19)16-25-26-23(28)20-12-14-27(15-13-20)24(29)21-8-10-22(30-3)11-9-21/h4-11,16-17,20H,12-15H2,1-3H3,(H,26,28)/b25-16-. The van der Waals surface area contributed by atoms with Crippen LogP contribution in [0.5, 0.6) is 5.75 Å². The number of methoxy groups -OCH3 is 1. The maximum atomic E-state index is 12.6. The van der Waals surface area contributed by atoms with Gasteiger partial charge in [0.1, 0.15) is 5.75 Å². The SMILES string of the molecule is COc1ccc(C(=O)N2CCC(C(=O)N/N=C\c3ccc(C(C)C)cc3)CC2)cc1. The minimum Gasteiger partial charge on any atom is -0.497 e. The predicted molar refractivity (Wildman–Crippen MR) is 118 cm³/mol. The lowest BCUT2D eigenvalue weighted by Crippen LogP contribution is -2.42. The van der Waals surface area contributed by atoms with Crippen molar-refractivity contribution in [1.29, 1.82) is 0 Å². The molecule has 1 saturated heterocycles. The number of rotatable bonds is 6. The number of nitrogens with one attached hydrogen (secondary N) is 1. The highest BCUT2D eigenvalue weighted by Crippen LogP contribution is 2.20. The van der Waals surface area contributed by atoms with E-state index in [-0.39, 0.29) is 17.7 Å². The van der Waals surface area contributed by atoms with Gasteiger partial charge in [-0.05, 0) is 54.2 Å². The van der Waals surface area contributed by atoms with Crippen LogP contribution in [0.15, 0.2) is 53.6 Å². The Morgan fingerprint density at radius 2 is 1.70 bits per heavy atom. The molecule has 6 heteroatoms. The minimum absolute atomic E-state index is 0.0145. The fraction of sp³-hybridized carbons (Fsp3) is 0.375. The Hall–Kier alpha value is -3.15. The second kappa shape index (κ2) is 10.1. The van der Waals surface area contributed by atoms with Gasteiger partial charge >= 0.3 is 0 Å². The molecule has 2 aromatic rings. The number of amides is 2. The number of hydrogen-bond acceptors (Lipinski definition) is 4. The number of hydrazone groups is 1. The molecule has 0 bridgehead atoms. The van der Waals surface area contributed by atoms with Crippen LogP contribution < -0.4 is 10.2 Å². The van der Waals surface area contributed by atoms with Crippen LogP contribution in [-0.4, -0.2) is 43.1 Å². The van der Waals surface area contributed by atoms with Gasteiger partial charge < -0.3 is 9.64 Å². The van der Waals surface area contributed by atoms with Crippen LogP contribution >= 0.6 is 0 Å². The quantitative estimate of drug-likeness (QED) is 0.585. The van der Waals surface area contributed by atoms with Gasteiger partial charge in [-0.1, -0.05) is 38.1 Å². The summed E-state index contributed by atoms with van der Waals surface area (Å²) in [6.45, 7) is 5.42. The van der Waals surface area contributed by atoms with E-state index in [0.717, 1.165) is 11.3 Å². The number of nitrogens with zero attached hydrogens (tertiary/aromatic N) is 2. The summed E-state index contributed by atoms with van der Waals surface area (Å²) in [6.07, 6.45) is 2.92. The van der Waals surface area contributed by atoms with Crippen LogP contribution in [0.4, 0.5) is 0 Å². The molecule has 6 nitrogen and oxygen atoms in total. The van der Waals surface area contributed by atoms with Crippen LogP contribution in [0.3, 0.4) is 0 Å². The molecule has 3 rings (SSSR count). The van der Waals surface area contributed by atoms with Crippen molar-refractivity contribution in [3.63, 3.8) is 0 Å². The van der Waals surface area contributed by atoms with E-state index in [0.29, 0.717) is 37.4 Å². The van der Waals surface area contributed by atoms with E-state index in [2.05, 4.69) is 36.5 Å². The smallest absolute Gasteiger partial charge is 0.253 e. The van der Waals surface area contributed by atoms with Crippen molar-refractivity contribution in [2.45, 2.75) is 32.6 Å². The van der Waals surface area contributed by atoms with Crippen molar-refractivity contribution in [3.8, 4) is 5.75 Å². The van der Waals surface area contributed by atoms with Gasteiger partial charge in [-0.3, -0.25) is 9.59 Å². The van der Waals surface area contributed by atoms with E-state index in [1.54, 1.807) is 42.5 Å². The van der Waals surface area contributed by atoms with Gasteiger partial charge in [-0.15, -0.1) is 0 Å². The number of carbonyl (C=O) groups excluding carboxylic acids is 2. The molecule has 0 radical (unpaired) electrons. The third-order valence-corrected chi connectivity index (χ3v) is 5.48. The maximum Gasteiger partial charge on any atom is 0.253 e. The Morgan fingerprint density at radius 3 is 2.27 bits per heavy atom. The second-order valence-electron chi connectivity index (χ2n) is 7.85. The van der Waals surface area contributed by atoms with E-state index >= 15 is 0 Å². The molecule has 158 valence electrons. The van der Waals surface area contributed by atoms with E-state index < -0.39 is 0 Å². The van der Waals surface area contributed by atoms with Crippen molar-refractivity contribution in [3.05, 3.63) is 65.2 Å². The van der Waals surface area contributed by atoms with Gasteiger partial charge in [0, 0.05) is 24.6 Å². The maximum absolute atomic E-state index is 12.6. The lowest BCUT2D eigenvalue weighted by Gasteiger charge is -2.31. The van der Waals surface area contributed by atoms with Gasteiger partial charge in [0.05, 0.1) is 13.3 Å². The first kappa shape index (κ1) is 21.6. The highest BCUT2D eigenvalue weighted by molar-refractivity contribution is 5.94. The molecule has 0 spiro atoms. The van der Waals surface area contributed by atoms with Crippen molar-refractivity contribution in [2.75, 3.05) is 20.2 Å². The monoisotopic (exact) mass is 407 g/mol. The van der Waals surface area contributed by atoms with E-state index in [9.17, 15) is 9.59 Å². The molecular weight excluding hydrogens is 378 g/mol. The Labute approximate surface area is 177 Å². The van der Waals surface area contributed by atoms with Gasteiger partial charge in [-0.25, -0.2) is 5.43 Å². The molecule has 2 amide bonds.